The quantitative estimate of drug-likeness (QED) is 0.875. The second-order valence-corrected chi connectivity index (χ2v) is 5.68. The van der Waals surface area contributed by atoms with Gasteiger partial charge in [-0.2, -0.15) is 0 Å². The minimum Gasteiger partial charge on any atom is -0.325 e. The maximum absolute atomic E-state index is 13.0. The zero-order valence-electron chi connectivity index (χ0n) is 11.4. The van der Waals surface area contributed by atoms with E-state index < -0.39 is 0 Å². The average molecular weight is 277 g/mol. The van der Waals surface area contributed by atoms with Gasteiger partial charge in [-0.1, -0.05) is 6.07 Å². The molecule has 3 aliphatic rings. The number of nitrogens with zero attached hydrogens (tertiary/aromatic N) is 1. The zero-order chi connectivity index (χ0) is 13.9. The molecule has 3 fully saturated rings. The van der Waals surface area contributed by atoms with Crippen LogP contribution >= 0.6 is 0 Å². The van der Waals surface area contributed by atoms with Gasteiger partial charge in [0.05, 0.1) is 6.54 Å². The number of nitrogens with one attached hydrogen (secondary N) is 2. The summed E-state index contributed by atoms with van der Waals surface area (Å²) in [5, 5.41) is 6.05. The van der Waals surface area contributed by atoms with E-state index in [0.29, 0.717) is 17.6 Å². The maximum atomic E-state index is 13.0. The maximum Gasteiger partial charge on any atom is 0.238 e. The Morgan fingerprint density at radius 1 is 1.35 bits per heavy atom. The molecule has 2 bridgehead atoms. The fourth-order valence-corrected chi connectivity index (χ4v) is 3.19. The summed E-state index contributed by atoms with van der Waals surface area (Å²) in [7, 11) is 0. The molecule has 1 aromatic carbocycles. The number of carbonyl (C=O) groups excluding carboxylic acids is 1. The fraction of sp³-hybridized carbons (Fsp3) is 0.533. The van der Waals surface area contributed by atoms with E-state index >= 15 is 0 Å². The number of fused-ring (bicyclic) bond motifs is 3. The molecule has 4 nitrogen and oxygen atoms in total. The Bertz CT molecular complexity index is 486. The number of benzene rings is 1. The predicted octanol–water partition coefficient (Wildman–Crippen LogP) is 1.45. The highest BCUT2D eigenvalue weighted by molar-refractivity contribution is 5.92. The van der Waals surface area contributed by atoms with Crippen molar-refractivity contribution in [1.29, 1.82) is 0 Å². The van der Waals surface area contributed by atoms with Gasteiger partial charge in [0, 0.05) is 18.3 Å². The van der Waals surface area contributed by atoms with E-state index in [1.165, 1.54) is 38.1 Å². The molecule has 5 heteroatoms. The number of piperidine rings is 3. The van der Waals surface area contributed by atoms with Gasteiger partial charge in [0.1, 0.15) is 5.82 Å². The first-order chi connectivity index (χ1) is 9.70. The minimum absolute atomic E-state index is 0.118. The Balaban J connectivity index is 1.47. The van der Waals surface area contributed by atoms with Gasteiger partial charge in [-0.25, -0.2) is 4.39 Å². The molecule has 1 atom stereocenters. The van der Waals surface area contributed by atoms with Gasteiger partial charge in [-0.05, 0) is 50.0 Å². The zero-order valence-corrected chi connectivity index (χ0v) is 11.4. The lowest BCUT2D eigenvalue weighted by Gasteiger charge is -2.45. The molecule has 4 rings (SSSR count). The number of halogens is 1. The third kappa shape index (κ3) is 3.16. The summed E-state index contributed by atoms with van der Waals surface area (Å²) >= 11 is 0. The topological polar surface area (TPSA) is 44.4 Å². The van der Waals surface area contributed by atoms with Crippen molar-refractivity contribution in [3.63, 3.8) is 0 Å². The van der Waals surface area contributed by atoms with Gasteiger partial charge in [0.15, 0.2) is 0 Å². The lowest BCUT2D eigenvalue weighted by atomic mass is 9.84. The summed E-state index contributed by atoms with van der Waals surface area (Å²) in [5.41, 5.74) is 0.505. The predicted molar refractivity (Wildman–Crippen MR) is 76.0 cm³/mol. The molecule has 3 aliphatic heterocycles. The summed E-state index contributed by atoms with van der Waals surface area (Å²) in [6.45, 7) is 3.71. The van der Waals surface area contributed by atoms with Crippen LogP contribution in [0, 0.1) is 11.7 Å². The van der Waals surface area contributed by atoms with Gasteiger partial charge in [-0.3, -0.25) is 4.79 Å². The smallest absolute Gasteiger partial charge is 0.238 e. The third-order valence-electron chi connectivity index (χ3n) is 4.29. The molecule has 0 aromatic heterocycles. The van der Waals surface area contributed by atoms with Gasteiger partial charge < -0.3 is 15.5 Å². The van der Waals surface area contributed by atoms with Crippen molar-refractivity contribution in [1.82, 2.24) is 10.2 Å². The Morgan fingerprint density at radius 2 is 2.15 bits per heavy atom. The molecule has 0 radical (unpaired) electrons. The highest BCUT2D eigenvalue weighted by Crippen LogP contribution is 2.27. The summed E-state index contributed by atoms with van der Waals surface area (Å²) in [6.07, 6.45) is 2.45. The summed E-state index contributed by atoms with van der Waals surface area (Å²) in [5.74, 6) is 0.238. The van der Waals surface area contributed by atoms with Crippen LogP contribution in [0.15, 0.2) is 24.3 Å². The summed E-state index contributed by atoms with van der Waals surface area (Å²) in [4.78, 5) is 14.3. The Labute approximate surface area is 118 Å². The lowest BCUT2D eigenvalue weighted by Crippen LogP contribution is -2.57. The van der Waals surface area contributed by atoms with Crippen molar-refractivity contribution in [3.8, 4) is 0 Å². The van der Waals surface area contributed by atoms with Crippen molar-refractivity contribution < 1.29 is 9.18 Å². The molecule has 0 spiro atoms. The molecule has 1 unspecified atom stereocenters. The van der Waals surface area contributed by atoms with Gasteiger partial charge in [0.25, 0.3) is 0 Å². The van der Waals surface area contributed by atoms with Crippen LogP contribution in [-0.4, -0.2) is 43.0 Å². The molecular formula is C15H20FN3O. The number of carbonyl (C=O) groups is 1. The van der Waals surface area contributed by atoms with Crippen LogP contribution in [0.25, 0.3) is 0 Å². The molecule has 20 heavy (non-hydrogen) atoms. The van der Waals surface area contributed by atoms with E-state index in [2.05, 4.69) is 15.5 Å². The van der Waals surface area contributed by atoms with Crippen LogP contribution in [0.3, 0.4) is 0 Å². The van der Waals surface area contributed by atoms with Gasteiger partial charge >= 0.3 is 0 Å². The molecule has 0 aliphatic carbocycles. The Morgan fingerprint density at radius 3 is 2.80 bits per heavy atom. The average Bonchev–Trinajstić information content (AvgIpc) is 2.46. The SMILES string of the molecule is O=C(CNC1CN2CCC1CC2)Nc1cccc(F)c1. The highest BCUT2D eigenvalue weighted by Gasteiger charge is 2.33. The molecule has 108 valence electrons. The Hall–Kier alpha value is -1.46. The minimum atomic E-state index is -0.340. The number of amides is 1. The van der Waals surface area contributed by atoms with E-state index in [1.54, 1.807) is 12.1 Å². The van der Waals surface area contributed by atoms with Crippen molar-refractivity contribution in [2.45, 2.75) is 18.9 Å². The molecule has 0 saturated carbocycles. The van der Waals surface area contributed by atoms with Crippen LogP contribution in [0.4, 0.5) is 10.1 Å². The fourth-order valence-electron chi connectivity index (χ4n) is 3.19. The molecule has 1 aromatic rings. The van der Waals surface area contributed by atoms with Crippen LogP contribution in [0.2, 0.25) is 0 Å². The van der Waals surface area contributed by atoms with Crippen LogP contribution in [-0.2, 0) is 4.79 Å². The number of hydrogen-bond donors (Lipinski definition) is 2. The number of hydrogen-bond acceptors (Lipinski definition) is 3. The Kier molecular flexibility index (Phi) is 3.98. The summed E-state index contributed by atoms with van der Waals surface area (Å²) in [6, 6.07) is 6.38. The van der Waals surface area contributed by atoms with Gasteiger partial charge in [-0.15, -0.1) is 0 Å². The van der Waals surface area contributed by atoms with E-state index in [-0.39, 0.29) is 18.3 Å². The summed E-state index contributed by atoms with van der Waals surface area (Å²) < 4.78 is 13.0. The van der Waals surface area contributed by atoms with Crippen LogP contribution in [0.5, 0.6) is 0 Å². The molecular weight excluding hydrogens is 257 g/mol. The number of rotatable bonds is 4. The molecule has 2 N–H and O–H groups in total. The van der Waals surface area contributed by atoms with Crippen LogP contribution < -0.4 is 10.6 Å². The largest absolute Gasteiger partial charge is 0.325 e. The lowest BCUT2D eigenvalue weighted by molar-refractivity contribution is -0.115. The third-order valence-corrected chi connectivity index (χ3v) is 4.29. The van der Waals surface area contributed by atoms with Crippen molar-refractivity contribution in [3.05, 3.63) is 30.1 Å². The first-order valence-electron chi connectivity index (χ1n) is 7.22. The van der Waals surface area contributed by atoms with Gasteiger partial charge in [0.2, 0.25) is 5.91 Å². The normalized spacial score (nSPS) is 28.4. The van der Waals surface area contributed by atoms with Crippen molar-refractivity contribution in [2.24, 2.45) is 5.92 Å². The van der Waals surface area contributed by atoms with E-state index in [0.717, 1.165) is 6.54 Å². The second-order valence-electron chi connectivity index (χ2n) is 5.68. The van der Waals surface area contributed by atoms with E-state index in [4.69, 9.17) is 0 Å². The monoisotopic (exact) mass is 277 g/mol. The molecule has 3 saturated heterocycles. The highest BCUT2D eigenvalue weighted by atomic mass is 19.1. The standard InChI is InChI=1S/C15H20FN3O/c16-12-2-1-3-13(8-12)18-15(20)9-17-14-10-19-6-4-11(14)5-7-19/h1-3,8,11,14,17H,4-7,9-10H2,(H,18,20). The number of anilines is 1. The molecule has 3 heterocycles. The van der Waals surface area contributed by atoms with Crippen molar-refractivity contribution >= 4 is 11.6 Å². The van der Waals surface area contributed by atoms with Crippen molar-refractivity contribution in [2.75, 3.05) is 31.5 Å². The second kappa shape index (κ2) is 5.89. The van der Waals surface area contributed by atoms with E-state index in [9.17, 15) is 9.18 Å². The van der Waals surface area contributed by atoms with Crippen LogP contribution in [0.1, 0.15) is 12.8 Å². The first kappa shape index (κ1) is 13.5. The molecule has 1 amide bonds. The first-order valence-corrected chi connectivity index (χ1v) is 7.22. The van der Waals surface area contributed by atoms with E-state index in [1.807, 2.05) is 0 Å².